The number of nitrogens with one attached hydrogen (secondary N) is 1. The molecule has 0 saturated carbocycles. The molecule has 110 valence electrons. The number of ether oxygens (including phenoxy) is 1. The van der Waals surface area contributed by atoms with Crippen LogP contribution >= 0.6 is 0 Å². The van der Waals surface area contributed by atoms with Crippen molar-refractivity contribution >= 4 is 5.91 Å². The average Bonchev–Trinajstić information content (AvgIpc) is 2.84. The van der Waals surface area contributed by atoms with Crippen molar-refractivity contribution in [2.24, 2.45) is 0 Å². The maximum absolute atomic E-state index is 12.3. The van der Waals surface area contributed by atoms with Crippen molar-refractivity contribution in [3.8, 4) is 11.5 Å². The predicted octanol–water partition coefficient (Wildman–Crippen LogP) is 0.197. The number of para-hydroxylation sites is 1. The van der Waals surface area contributed by atoms with E-state index in [0.717, 1.165) is 6.54 Å². The molecule has 6 heteroatoms. The third-order valence-corrected chi connectivity index (χ3v) is 3.55. The first-order chi connectivity index (χ1) is 9.47. The molecule has 1 heterocycles. The fraction of sp³-hybridized carbons (Fsp3) is 0.500. The Labute approximate surface area is 118 Å². The Hall–Kier alpha value is -1.79. The van der Waals surface area contributed by atoms with Crippen LogP contribution in [0, 0.1) is 0 Å². The lowest BCUT2D eigenvalue weighted by Gasteiger charge is -2.28. The first-order valence-electron chi connectivity index (χ1n) is 6.51. The number of phenols is 1. The number of carbonyl (C=O) groups excluding carboxylic acids is 1. The molecule has 1 aromatic rings. The topological polar surface area (TPSA) is 82.0 Å². The summed E-state index contributed by atoms with van der Waals surface area (Å²) in [7, 11) is 3.04. The molecule has 0 aromatic heterocycles. The molecule has 6 nitrogen and oxygen atoms in total. The third-order valence-electron chi connectivity index (χ3n) is 3.55. The number of likely N-dealkylation sites (N-methyl/N-ethyl adjacent to an activating group) is 1. The molecule has 3 N–H and O–H groups in total. The van der Waals surface area contributed by atoms with Crippen LogP contribution in [0.15, 0.2) is 18.2 Å². The molecule has 2 rings (SSSR count). The van der Waals surface area contributed by atoms with Crippen molar-refractivity contribution in [2.75, 3.05) is 33.8 Å². The normalized spacial score (nSPS) is 21.8. The molecule has 0 radical (unpaired) electrons. The lowest BCUT2D eigenvalue weighted by Crippen LogP contribution is -2.45. The lowest BCUT2D eigenvalue weighted by atomic mass is 10.0. The summed E-state index contributed by atoms with van der Waals surface area (Å²) < 4.78 is 4.99. The van der Waals surface area contributed by atoms with E-state index in [-0.39, 0.29) is 29.5 Å². The van der Waals surface area contributed by atoms with Gasteiger partial charge >= 0.3 is 0 Å². The standard InChI is InChI=1S/C14H20N2O4/c1-16(9-14(19)6-7-15-8-14)13(18)10-4-3-5-11(20-2)12(10)17/h3-5,15,17,19H,6-9H2,1-2H3. The Morgan fingerprint density at radius 2 is 2.30 bits per heavy atom. The molecule has 1 aliphatic heterocycles. The van der Waals surface area contributed by atoms with Gasteiger partial charge in [0, 0.05) is 13.6 Å². The minimum Gasteiger partial charge on any atom is -0.504 e. The van der Waals surface area contributed by atoms with E-state index in [2.05, 4.69) is 5.32 Å². The second-order valence-electron chi connectivity index (χ2n) is 5.17. The fourth-order valence-electron chi connectivity index (χ4n) is 2.44. The highest BCUT2D eigenvalue weighted by Gasteiger charge is 2.34. The Morgan fingerprint density at radius 1 is 1.55 bits per heavy atom. The van der Waals surface area contributed by atoms with Gasteiger partial charge in [-0.25, -0.2) is 0 Å². The van der Waals surface area contributed by atoms with Crippen LogP contribution in [0.25, 0.3) is 0 Å². The first-order valence-corrected chi connectivity index (χ1v) is 6.51. The van der Waals surface area contributed by atoms with E-state index in [9.17, 15) is 15.0 Å². The molecular formula is C14H20N2O4. The minimum atomic E-state index is -0.904. The van der Waals surface area contributed by atoms with E-state index in [1.807, 2.05) is 0 Å². The predicted molar refractivity (Wildman–Crippen MR) is 74.1 cm³/mol. The Bertz CT molecular complexity index is 498. The summed E-state index contributed by atoms with van der Waals surface area (Å²) in [6.07, 6.45) is 0.606. The number of nitrogens with zero attached hydrogens (tertiary/aromatic N) is 1. The monoisotopic (exact) mass is 280 g/mol. The lowest BCUT2D eigenvalue weighted by molar-refractivity contribution is 0.0251. The van der Waals surface area contributed by atoms with Gasteiger partial charge in [-0.1, -0.05) is 6.07 Å². The van der Waals surface area contributed by atoms with E-state index in [1.165, 1.54) is 18.1 Å². The molecule has 1 fully saturated rings. The van der Waals surface area contributed by atoms with Gasteiger partial charge in [-0.15, -0.1) is 0 Å². The zero-order valence-corrected chi connectivity index (χ0v) is 11.7. The Kier molecular flexibility index (Phi) is 4.15. The van der Waals surface area contributed by atoms with Crippen LogP contribution in [0.1, 0.15) is 16.8 Å². The van der Waals surface area contributed by atoms with E-state index in [1.54, 1.807) is 19.2 Å². The van der Waals surface area contributed by atoms with Crippen molar-refractivity contribution in [1.29, 1.82) is 0 Å². The van der Waals surface area contributed by atoms with Gasteiger partial charge in [-0.05, 0) is 25.1 Å². The van der Waals surface area contributed by atoms with Gasteiger partial charge in [-0.2, -0.15) is 0 Å². The maximum atomic E-state index is 12.3. The van der Waals surface area contributed by atoms with Crippen LogP contribution in [0.3, 0.4) is 0 Å². The summed E-state index contributed by atoms with van der Waals surface area (Å²) in [5.74, 6) is -0.268. The number of rotatable bonds is 4. The second kappa shape index (κ2) is 5.68. The molecule has 0 bridgehead atoms. The number of phenolic OH excluding ortho intramolecular Hbond substituents is 1. The van der Waals surface area contributed by atoms with Gasteiger partial charge < -0.3 is 25.2 Å². The average molecular weight is 280 g/mol. The van der Waals surface area contributed by atoms with Gasteiger partial charge in [0.2, 0.25) is 0 Å². The molecule has 1 saturated heterocycles. The number of carbonyl (C=O) groups is 1. The van der Waals surface area contributed by atoms with Crippen LogP contribution in [0.5, 0.6) is 11.5 Å². The number of methoxy groups -OCH3 is 1. The summed E-state index contributed by atoms with van der Waals surface area (Å²) in [4.78, 5) is 13.8. The number of β-amino-alcohol motifs (C(OH)–C–C–N with tert-alkyl or cyclic N) is 1. The third kappa shape index (κ3) is 2.86. The van der Waals surface area contributed by atoms with E-state index in [0.29, 0.717) is 13.0 Å². The van der Waals surface area contributed by atoms with Crippen LogP contribution in [0.2, 0.25) is 0 Å². The molecule has 20 heavy (non-hydrogen) atoms. The van der Waals surface area contributed by atoms with E-state index < -0.39 is 5.60 Å². The highest BCUT2D eigenvalue weighted by molar-refractivity contribution is 5.97. The van der Waals surface area contributed by atoms with Gasteiger partial charge in [0.15, 0.2) is 11.5 Å². The molecule has 1 aromatic carbocycles. The van der Waals surface area contributed by atoms with Crippen LogP contribution in [0.4, 0.5) is 0 Å². The molecule has 1 amide bonds. The number of hydrogen-bond donors (Lipinski definition) is 3. The summed E-state index contributed by atoms with van der Waals surface area (Å²) in [6, 6.07) is 4.76. The van der Waals surface area contributed by atoms with Crippen molar-refractivity contribution in [3.63, 3.8) is 0 Å². The van der Waals surface area contributed by atoms with Crippen LogP contribution in [-0.2, 0) is 0 Å². The summed E-state index contributed by atoms with van der Waals surface area (Å²) in [6.45, 7) is 1.42. The molecular weight excluding hydrogens is 260 g/mol. The number of amides is 1. The Morgan fingerprint density at radius 3 is 2.90 bits per heavy atom. The fourth-order valence-corrected chi connectivity index (χ4v) is 2.44. The van der Waals surface area contributed by atoms with Gasteiger partial charge in [0.1, 0.15) is 0 Å². The number of benzene rings is 1. The summed E-state index contributed by atoms with van der Waals surface area (Å²) >= 11 is 0. The van der Waals surface area contributed by atoms with Gasteiger partial charge in [-0.3, -0.25) is 4.79 Å². The molecule has 0 aliphatic carbocycles. The minimum absolute atomic E-state index is 0.168. The Balaban J connectivity index is 2.14. The van der Waals surface area contributed by atoms with Gasteiger partial charge in [0.25, 0.3) is 5.91 Å². The largest absolute Gasteiger partial charge is 0.504 e. The van der Waals surface area contributed by atoms with Crippen LogP contribution in [-0.4, -0.2) is 60.4 Å². The maximum Gasteiger partial charge on any atom is 0.257 e. The van der Waals surface area contributed by atoms with E-state index >= 15 is 0 Å². The number of hydrogen-bond acceptors (Lipinski definition) is 5. The molecule has 0 spiro atoms. The van der Waals surface area contributed by atoms with Crippen molar-refractivity contribution in [1.82, 2.24) is 10.2 Å². The molecule has 1 unspecified atom stereocenters. The van der Waals surface area contributed by atoms with Crippen molar-refractivity contribution in [2.45, 2.75) is 12.0 Å². The second-order valence-corrected chi connectivity index (χ2v) is 5.17. The van der Waals surface area contributed by atoms with Crippen molar-refractivity contribution in [3.05, 3.63) is 23.8 Å². The highest BCUT2D eigenvalue weighted by Crippen LogP contribution is 2.30. The zero-order valence-electron chi connectivity index (χ0n) is 11.7. The quantitative estimate of drug-likeness (QED) is 0.734. The van der Waals surface area contributed by atoms with E-state index in [4.69, 9.17) is 4.74 Å². The highest BCUT2D eigenvalue weighted by atomic mass is 16.5. The summed E-state index contributed by atoms with van der Waals surface area (Å²) in [5, 5.41) is 23.3. The molecule has 1 atom stereocenters. The number of aromatic hydroxyl groups is 1. The number of aliphatic hydroxyl groups is 1. The smallest absolute Gasteiger partial charge is 0.257 e. The van der Waals surface area contributed by atoms with Gasteiger partial charge in [0.05, 0.1) is 24.8 Å². The first kappa shape index (κ1) is 14.6. The zero-order chi connectivity index (χ0) is 14.8. The summed E-state index contributed by atoms with van der Waals surface area (Å²) in [5.41, 5.74) is -0.736. The van der Waals surface area contributed by atoms with Crippen LogP contribution < -0.4 is 10.1 Å². The van der Waals surface area contributed by atoms with Crippen molar-refractivity contribution < 1.29 is 19.7 Å². The molecule has 1 aliphatic rings. The SMILES string of the molecule is COc1cccc(C(=O)N(C)CC2(O)CCNC2)c1O.